The SMILES string of the molecule is O=C1C(=Cc2ccc(Br)o2)C(=O)N(c2ccccc2)C(=O)N1c1ccccc1. The number of imide groups is 2. The largest absolute Gasteiger partial charge is 0.450 e. The first-order valence-electron chi connectivity index (χ1n) is 8.36. The number of carbonyl (C=O) groups is 3. The molecule has 1 fully saturated rings. The summed E-state index contributed by atoms with van der Waals surface area (Å²) in [6.45, 7) is 0. The molecule has 4 rings (SSSR count). The van der Waals surface area contributed by atoms with E-state index in [1.54, 1.807) is 72.8 Å². The van der Waals surface area contributed by atoms with Crippen LogP contribution in [-0.2, 0) is 9.59 Å². The van der Waals surface area contributed by atoms with Gasteiger partial charge in [0, 0.05) is 0 Å². The summed E-state index contributed by atoms with van der Waals surface area (Å²) in [5, 5.41) is 0. The zero-order valence-electron chi connectivity index (χ0n) is 14.4. The van der Waals surface area contributed by atoms with Gasteiger partial charge in [0.15, 0.2) is 4.67 Å². The van der Waals surface area contributed by atoms with Crippen LogP contribution in [0.3, 0.4) is 0 Å². The van der Waals surface area contributed by atoms with Gasteiger partial charge in [0.05, 0.1) is 11.4 Å². The van der Waals surface area contributed by atoms with E-state index in [0.29, 0.717) is 21.8 Å². The molecule has 0 atom stereocenters. The van der Waals surface area contributed by atoms with Gasteiger partial charge in [-0.15, -0.1) is 0 Å². The highest BCUT2D eigenvalue weighted by Gasteiger charge is 2.43. The summed E-state index contributed by atoms with van der Waals surface area (Å²) in [5.41, 5.74) is 0.573. The fourth-order valence-electron chi connectivity index (χ4n) is 2.89. The molecule has 3 aromatic rings. The van der Waals surface area contributed by atoms with Crippen molar-refractivity contribution in [3.8, 4) is 0 Å². The van der Waals surface area contributed by atoms with Crippen molar-refractivity contribution in [3.63, 3.8) is 0 Å². The number of barbiturate groups is 1. The number of rotatable bonds is 3. The van der Waals surface area contributed by atoms with Crippen molar-refractivity contribution >= 4 is 51.2 Å². The molecule has 4 amide bonds. The highest BCUT2D eigenvalue weighted by Crippen LogP contribution is 2.29. The van der Waals surface area contributed by atoms with Crippen molar-refractivity contribution in [1.29, 1.82) is 0 Å². The van der Waals surface area contributed by atoms with Gasteiger partial charge in [0.2, 0.25) is 0 Å². The molecule has 0 N–H and O–H groups in total. The number of halogens is 1. The van der Waals surface area contributed by atoms with Crippen molar-refractivity contribution in [3.05, 3.63) is 88.8 Å². The maximum absolute atomic E-state index is 13.1. The number of urea groups is 1. The molecule has 7 heteroatoms. The number of para-hydroxylation sites is 2. The molecule has 0 aliphatic carbocycles. The summed E-state index contributed by atoms with van der Waals surface area (Å²) < 4.78 is 5.87. The molecule has 1 saturated heterocycles. The number of nitrogens with zero attached hydrogens (tertiary/aromatic N) is 2. The van der Waals surface area contributed by atoms with Crippen LogP contribution in [0.4, 0.5) is 16.2 Å². The number of hydrogen-bond donors (Lipinski definition) is 0. The van der Waals surface area contributed by atoms with E-state index in [-0.39, 0.29) is 5.57 Å². The lowest BCUT2D eigenvalue weighted by Gasteiger charge is -2.33. The molecule has 1 aliphatic rings. The highest BCUT2D eigenvalue weighted by atomic mass is 79.9. The zero-order chi connectivity index (χ0) is 19.7. The lowest BCUT2D eigenvalue weighted by atomic mass is 10.1. The van der Waals surface area contributed by atoms with E-state index in [2.05, 4.69) is 15.9 Å². The highest BCUT2D eigenvalue weighted by molar-refractivity contribution is 9.10. The smallest absolute Gasteiger partial charge is 0.343 e. The monoisotopic (exact) mass is 436 g/mol. The molecule has 0 unspecified atom stereocenters. The minimum absolute atomic E-state index is 0.172. The topological polar surface area (TPSA) is 70.8 Å². The van der Waals surface area contributed by atoms with Crippen molar-refractivity contribution in [2.45, 2.75) is 0 Å². The first-order chi connectivity index (χ1) is 13.6. The Bertz CT molecular complexity index is 1030. The van der Waals surface area contributed by atoms with Crippen LogP contribution in [-0.4, -0.2) is 17.8 Å². The molecule has 0 bridgehead atoms. The van der Waals surface area contributed by atoms with Crippen LogP contribution in [0.2, 0.25) is 0 Å². The molecular weight excluding hydrogens is 424 g/mol. The fourth-order valence-corrected chi connectivity index (χ4v) is 3.21. The summed E-state index contributed by atoms with van der Waals surface area (Å²) in [5.74, 6) is -1.10. The van der Waals surface area contributed by atoms with Crippen LogP contribution in [0.15, 0.2) is 87.5 Å². The molecule has 2 heterocycles. The predicted octanol–water partition coefficient (Wildman–Crippen LogP) is 4.63. The predicted molar refractivity (Wildman–Crippen MR) is 108 cm³/mol. The number of amides is 4. The summed E-state index contributed by atoms with van der Waals surface area (Å²) in [6, 6.07) is 19.5. The van der Waals surface area contributed by atoms with Crippen LogP contribution in [0.1, 0.15) is 5.76 Å². The van der Waals surface area contributed by atoms with Crippen LogP contribution in [0.5, 0.6) is 0 Å². The maximum atomic E-state index is 13.1. The summed E-state index contributed by atoms with van der Waals surface area (Å²) in [4.78, 5) is 41.2. The lowest BCUT2D eigenvalue weighted by Crippen LogP contribution is -2.57. The Morgan fingerprint density at radius 2 is 1.21 bits per heavy atom. The fraction of sp³-hybridized carbons (Fsp3) is 0. The number of benzene rings is 2. The minimum Gasteiger partial charge on any atom is -0.450 e. The Kier molecular flexibility index (Phi) is 4.67. The third kappa shape index (κ3) is 3.16. The van der Waals surface area contributed by atoms with Crippen molar-refractivity contribution in [2.75, 3.05) is 9.80 Å². The molecule has 0 spiro atoms. The maximum Gasteiger partial charge on any atom is 0.343 e. The van der Waals surface area contributed by atoms with Gasteiger partial charge < -0.3 is 4.42 Å². The standard InChI is InChI=1S/C21H13BrN2O4/c22-18-12-11-16(28-18)13-17-19(25)23(14-7-3-1-4-8-14)21(27)24(20(17)26)15-9-5-2-6-10-15/h1-13H. The van der Waals surface area contributed by atoms with Gasteiger partial charge in [0.1, 0.15) is 11.3 Å². The second kappa shape index (κ2) is 7.28. The van der Waals surface area contributed by atoms with E-state index in [9.17, 15) is 14.4 Å². The number of carbonyl (C=O) groups excluding carboxylic acids is 3. The van der Waals surface area contributed by atoms with Gasteiger partial charge in [0.25, 0.3) is 11.8 Å². The second-order valence-corrected chi connectivity index (χ2v) is 6.72. The molecule has 0 radical (unpaired) electrons. The second-order valence-electron chi connectivity index (χ2n) is 5.93. The van der Waals surface area contributed by atoms with Gasteiger partial charge in [-0.2, -0.15) is 0 Å². The van der Waals surface area contributed by atoms with Crippen LogP contribution in [0.25, 0.3) is 6.08 Å². The Labute approximate surface area is 168 Å². The van der Waals surface area contributed by atoms with Crippen molar-refractivity contribution in [1.82, 2.24) is 0 Å². The first-order valence-corrected chi connectivity index (χ1v) is 9.15. The summed E-state index contributed by atoms with van der Waals surface area (Å²) in [6.07, 6.45) is 1.34. The molecule has 1 aliphatic heterocycles. The Morgan fingerprint density at radius 1 is 0.714 bits per heavy atom. The Morgan fingerprint density at radius 3 is 1.64 bits per heavy atom. The van der Waals surface area contributed by atoms with Gasteiger partial charge >= 0.3 is 6.03 Å². The van der Waals surface area contributed by atoms with Crippen LogP contribution < -0.4 is 9.80 Å². The average Bonchev–Trinajstić information content (AvgIpc) is 3.12. The lowest BCUT2D eigenvalue weighted by molar-refractivity contribution is -0.121. The van der Waals surface area contributed by atoms with Crippen molar-refractivity contribution < 1.29 is 18.8 Å². The Hall–Kier alpha value is -3.45. The molecular formula is C21H13BrN2O4. The van der Waals surface area contributed by atoms with Crippen LogP contribution in [0, 0.1) is 0 Å². The van der Waals surface area contributed by atoms with E-state index < -0.39 is 17.8 Å². The summed E-state index contributed by atoms with van der Waals surface area (Å²) >= 11 is 3.19. The van der Waals surface area contributed by atoms with Gasteiger partial charge in [-0.1, -0.05) is 36.4 Å². The third-order valence-corrected chi connectivity index (χ3v) is 4.59. The Balaban J connectivity index is 1.86. The number of anilines is 2. The minimum atomic E-state index is -0.731. The van der Waals surface area contributed by atoms with E-state index >= 15 is 0 Å². The van der Waals surface area contributed by atoms with Gasteiger partial charge in [-0.3, -0.25) is 9.59 Å². The van der Waals surface area contributed by atoms with E-state index in [0.717, 1.165) is 9.80 Å². The molecule has 138 valence electrons. The molecule has 28 heavy (non-hydrogen) atoms. The van der Waals surface area contributed by atoms with Gasteiger partial charge in [-0.05, 0) is 58.4 Å². The van der Waals surface area contributed by atoms with E-state index in [1.165, 1.54) is 6.08 Å². The number of furan rings is 1. The van der Waals surface area contributed by atoms with Crippen LogP contribution >= 0.6 is 15.9 Å². The molecule has 0 saturated carbocycles. The van der Waals surface area contributed by atoms with Gasteiger partial charge in [-0.25, -0.2) is 14.6 Å². The zero-order valence-corrected chi connectivity index (χ0v) is 16.0. The molecule has 2 aromatic carbocycles. The molecule has 1 aromatic heterocycles. The van der Waals surface area contributed by atoms with E-state index in [1.807, 2.05) is 0 Å². The average molecular weight is 437 g/mol. The normalized spacial score (nSPS) is 14.6. The summed E-state index contributed by atoms with van der Waals surface area (Å²) in [7, 11) is 0. The van der Waals surface area contributed by atoms with E-state index in [4.69, 9.17) is 4.42 Å². The number of hydrogen-bond acceptors (Lipinski definition) is 4. The first kappa shape index (κ1) is 17.9. The van der Waals surface area contributed by atoms with Crippen molar-refractivity contribution in [2.24, 2.45) is 0 Å². The third-order valence-electron chi connectivity index (χ3n) is 4.16. The quantitative estimate of drug-likeness (QED) is 0.443. The molecule has 6 nitrogen and oxygen atoms in total.